The summed E-state index contributed by atoms with van der Waals surface area (Å²) in [5.74, 6) is -0.462. The molecule has 0 spiro atoms. The molecule has 0 saturated heterocycles. The smallest absolute Gasteiger partial charge is 0.307 e. The number of carbonyl (C=O) groups excluding carboxylic acids is 2. The quantitative estimate of drug-likeness (QED) is 0.428. The molecule has 0 bridgehead atoms. The zero-order valence-electron chi connectivity index (χ0n) is 10.9. The highest BCUT2D eigenvalue weighted by Crippen LogP contribution is 1.99. The van der Waals surface area contributed by atoms with Crippen LogP contribution < -0.4 is 10.7 Å². The molecule has 0 atom stereocenters. The first-order valence-corrected chi connectivity index (χ1v) is 5.76. The van der Waals surface area contributed by atoms with Crippen LogP contribution in [0.2, 0.25) is 0 Å². The minimum Gasteiger partial charge on any atom is -0.459 e. The van der Waals surface area contributed by atoms with Gasteiger partial charge in [-0.25, -0.2) is 5.43 Å². The molecule has 2 N–H and O–H groups in total. The lowest BCUT2D eigenvalue weighted by Crippen LogP contribution is -2.29. The SMILES string of the molecule is COCCNC(=O)CC(C)=NNC(=O)c1ccco1. The van der Waals surface area contributed by atoms with Crippen LogP contribution in [0.25, 0.3) is 0 Å². The van der Waals surface area contributed by atoms with Crippen LogP contribution in [0.5, 0.6) is 0 Å². The molecular weight excluding hydrogens is 250 g/mol. The number of rotatable bonds is 7. The molecule has 0 unspecified atom stereocenters. The van der Waals surface area contributed by atoms with Crippen LogP contribution in [0.3, 0.4) is 0 Å². The molecule has 1 rings (SSSR count). The largest absolute Gasteiger partial charge is 0.459 e. The number of amides is 2. The lowest BCUT2D eigenvalue weighted by molar-refractivity contribution is -0.120. The Kier molecular flexibility index (Phi) is 6.31. The first-order chi connectivity index (χ1) is 9.13. The van der Waals surface area contributed by atoms with Crippen molar-refractivity contribution < 1.29 is 18.7 Å². The standard InChI is InChI=1S/C12H17N3O4/c1-9(8-11(16)13-5-7-18-2)14-15-12(17)10-4-3-6-19-10/h3-4,6H,5,7-8H2,1-2H3,(H,13,16)(H,15,17). The molecule has 0 saturated carbocycles. The molecule has 0 radical (unpaired) electrons. The molecule has 7 nitrogen and oxygen atoms in total. The van der Waals surface area contributed by atoms with E-state index in [9.17, 15) is 9.59 Å². The molecule has 19 heavy (non-hydrogen) atoms. The van der Waals surface area contributed by atoms with Gasteiger partial charge in [0.1, 0.15) is 0 Å². The van der Waals surface area contributed by atoms with Crippen molar-refractivity contribution >= 4 is 17.5 Å². The fourth-order valence-corrected chi connectivity index (χ4v) is 1.24. The summed E-state index contributed by atoms with van der Waals surface area (Å²) < 4.78 is 9.70. The second-order valence-electron chi connectivity index (χ2n) is 3.78. The fraction of sp³-hybridized carbons (Fsp3) is 0.417. The third-order valence-electron chi connectivity index (χ3n) is 2.14. The Morgan fingerprint density at radius 1 is 1.47 bits per heavy atom. The highest BCUT2D eigenvalue weighted by Gasteiger charge is 2.08. The molecule has 0 aromatic carbocycles. The van der Waals surface area contributed by atoms with Gasteiger partial charge in [0.25, 0.3) is 0 Å². The van der Waals surface area contributed by atoms with Crippen molar-refractivity contribution in [3.63, 3.8) is 0 Å². The van der Waals surface area contributed by atoms with Gasteiger partial charge in [-0.05, 0) is 19.1 Å². The average molecular weight is 267 g/mol. The Hall–Kier alpha value is -2.15. The molecule has 104 valence electrons. The van der Waals surface area contributed by atoms with Crippen molar-refractivity contribution in [2.75, 3.05) is 20.3 Å². The summed E-state index contributed by atoms with van der Waals surface area (Å²) in [6.45, 7) is 2.55. The van der Waals surface area contributed by atoms with E-state index in [0.717, 1.165) is 0 Å². The number of hydrazone groups is 1. The summed E-state index contributed by atoms with van der Waals surface area (Å²) in [7, 11) is 1.56. The zero-order valence-corrected chi connectivity index (χ0v) is 10.9. The maximum atomic E-state index is 11.5. The van der Waals surface area contributed by atoms with Gasteiger partial charge >= 0.3 is 5.91 Å². The van der Waals surface area contributed by atoms with E-state index in [1.54, 1.807) is 20.1 Å². The van der Waals surface area contributed by atoms with Crippen LogP contribution in [-0.4, -0.2) is 37.8 Å². The Morgan fingerprint density at radius 2 is 2.26 bits per heavy atom. The van der Waals surface area contributed by atoms with Gasteiger partial charge in [0.05, 0.1) is 19.3 Å². The van der Waals surface area contributed by atoms with Crippen LogP contribution >= 0.6 is 0 Å². The van der Waals surface area contributed by atoms with Crippen LogP contribution in [0.15, 0.2) is 27.9 Å². The number of ether oxygens (including phenoxy) is 1. The maximum Gasteiger partial charge on any atom is 0.307 e. The van der Waals surface area contributed by atoms with Crippen LogP contribution in [0.4, 0.5) is 0 Å². The summed E-state index contributed by atoms with van der Waals surface area (Å²) in [5, 5.41) is 6.47. The highest BCUT2D eigenvalue weighted by molar-refractivity contribution is 6.00. The van der Waals surface area contributed by atoms with Gasteiger partial charge in [-0.3, -0.25) is 9.59 Å². The van der Waals surface area contributed by atoms with Gasteiger partial charge in [-0.1, -0.05) is 0 Å². The molecule has 0 aliphatic heterocycles. The lowest BCUT2D eigenvalue weighted by atomic mass is 10.3. The number of furan rings is 1. The van der Waals surface area contributed by atoms with Gasteiger partial charge in [0, 0.05) is 19.4 Å². The van der Waals surface area contributed by atoms with Crippen molar-refractivity contribution in [1.29, 1.82) is 0 Å². The molecule has 0 fully saturated rings. The Balaban J connectivity index is 2.32. The van der Waals surface area contributed by atoms with E-state index in [1.165, 1.54) is 12.3 Å². The predicted molar refractivity (Wildman–Crippen MR) is 68.8 cm³/mol. The number of hydrogen-bond donors (Lipinski definition) is 2. The topological polar surface area (TPSA) is 92.9 Å². The molecule has 0 aliphatic carbocycles. The number of methoxy groups -OCH3 is 1. The minimum atomic E-state index is -0.454. The Labute approximate surface area is 111 Å². The third-order valence-corrected chi connectivity index (χ3v) is 2.14. The van der Waals surface area contributed by atoms with Crippen LogP contribution in [-0.2, 0) is 9.53 Å². The number of hydrogen-bond acceptors (Lipinski definition) is 5. The number of carbonyl (C=O) groups is 2. The fourth-order valence-electron chi connectivity index (χ4n) is 1.24. The van der Waals surface area contributed by atoms with Crippen molar-refractivity contribution in [1.82, 2.24) is 10.7 Å². The van der Waals surface area contributed by atoms with Crippen LogP contribution in [0.1, 0.15) is 23.9 Å². The van der Waals surface area contributed by atoms with Crippen molar-refractivity contribution in [2.45, 2.75) is 13.3 Å². The van der Waals surface area contributed by atoms with Crippen molar-refractivity contribution in [2.24, 2.45) is 5.10 Å². The van der Waals surface area contributed by atoms with Gasteiger partial charge in [0.2, 0.25) is 5.91 Å². The van der Waals surface area contributed by atoms with E-state index in [2.05, 4.69) is 15.8 Å². The van der Waals surface area contributed by atoms with E-state index < -0.39 is 5.91 Å². The van der Waals surface area contributed by atoms with Crippen LogP contribution in [0, 0.1) is 0 Å². The maximum absolute atomic E-state index is 11.5. The van der Waals surface area contributed by atoms with E-state index in [-0.39, 0.29) is 18.1 Å². The van der Waals surface area contributed by atoms with E-state index >= 15 is 0 Å². The van der Waals surface area contributed by atoms with Crippen molar-refractivity contribution in [3.05, 3.63) is 24.2 Å². The summed E-state index contributed by atoms with van der Waals surface area (Å²) in [6.07, 6.45) is 1.51. The lowest BCUT2D eigenvalue weighted by Gasteiger charge is -2.04. The zero-order chi connectivity index (χ0) is 14.1. The van der Waals surface area contributed by atoms with E-state index in [1.807, 2.05) is 0 Å². The van der Waals surface area contributed by atoms with Gasteiger partial charge < -0.3 is 14.5 Å². The van der Waals surface area contributed by atoms with Gasteiger partial charge in [-0.2, -0.15) is 5.10 Å². The number of nitrogens with zero attached hydrogens (tertiary/aromatic N) is 1. The summed E-state index contributed by atoms with van der Waals surface area (Å²) in [6, 6.07) is 3.13. The Morgan fingerprint density at radius 3 is 2.89 bits per heavy atom. The molecular formula is C12H17N3O4. The molecule has 1 aromatic rings. The second kappa shape index (κ2) is 8.04. The first kappa shape index (κ1) is 14.9. The summed E-state index contributed by atoms with van der Waals surface area (Å²) in [5.41, 5.74) is 2.80. The predicted octanol–water partition coefficient (Wildman–Crippen LogP) is 0.538. The summed E-state index contributed by atoms with van der Waals surface area (Å²) >= 11 is 0. The monoisotopic (exact) mass is 267 g/mol. The van der Waals surface area contributed by atoms with E-state index in [0.29, 0.717) is 18.9 Å². The number of nitrogens with one attached hydrogen (secondary N) is 2. The molecule has 1 aromatic heterocycles. The van der Waals surface area contributed by atoms with Crippen molar-refractivity contribution in [3.8, 4) is 0 Å². The second-order valence-corrected chi connectivity index (χ2v) is 3.78. The first-order valence-electron chi connectivity index (χ1n) is 5.76. The average Bonchev–Trinajstić information content (AvgIpc) is 2.90. The molecule has 0 aliphatic rings. The normalized spacial score (nSPS) is 11.2. The third kappa shape index (κ3) is 5.82. The van der Waals surface area contributed by atoms with Gasteiger partial charge in [-0.15, -0.1) is 0 Å². The summed E-state index contributed by atoms with van der Waals surface area (Å²) in [4.78, 5) is 22.9. The molecule has 7 heteroatoms. The minimum absolute atomic E-state index is 0.113. The Bertz CT molecular complexity index is 440. The van der Waals surface area contributed by atoms with E-state index in [4.69, 9.17) is 9.15 Å². The molecule has 2 amide bonds. The molecule has 1 heterocycles. The van der Waals surface area contributed by atoms with Gasteiger partial charge in [0.15, 0.2) is 5.76 Å². The highest BCUT2D eigenvalue weighted by atomic mass is 16.5.